The van der Waals surface area contributed by atoms with Gasteiger partial charge in [0.2, 0.25) is 5.91 Å². The van der Waals surface area contributed by atoms with Gasteiger partial charge < -0.3 is 15.6 Å². The number of rotatable bonds is 3. The number of benzene rings is 1. The number of hydrogen-bond donors (Lipinski definition) is 3. The number of aryl methyl sites for hydroxylation is 1. The van der Waals surface area contributed by atoms with Gasteiger partial charge in [0.1, 0.15) is 0 Å². The molecule has 1 unspecified atom stereocenters. The summed E-state index contributed by atoms with van der Waals surface area (Å²) < 4.78 is 0. The van der Waals surface area contributed by atoms with Gasteiger partial charge >= 0.3 is 0 Å². The van der Waals surface area contributed by atoms with E-state index in [-0.39, 0.29) is 11.9 Å². The maximum atomic E-state index is 11.6. The van der Waals surface area contributed by atoms with Crippen LogP contribution in [0.3, 0.4) is 0 Å². The van der Waals surface area contributed by atoms with Crippen LogP contribution < -0.4 is 10.6 Å². The minimum absolute atomic E-state index is 0.0487. The van der Waals surface area contributed by atoms with Crippen molar-refractivity contribution in [1.29, 1.82) is 0 Å². The van der Waals surface area contributed by atoms with Crippen LogP contribution in [0, 0.1) is 0 Å². The summed E-state index contributed by atoms with van der Waals surface area (Å²) >= 11 is 0. The number of aromatic amines is 1. The standard InChI is InChI=1S/C14H17N3O/c18-14-13(15-7-8-16-14)6-5-10-9-17-12-4-2-1-3-11(10)12/h1-4,9,13,15,17H,5-8H2,(H,16,18). The molecule has 1 aromatic carbocycles. The molecule has 3 rings (SSSR count). The molecule has 0 bridgehead atoms. The monoisotopic (exact) mass is 243 g/mol. The Kier molecular flexibility index (Phi) is 3.02. The molecule has 1 aromatic heterocycles. The highest BCUT2D eigenvalue weighted by Crippen LogP contribution is 2.19. The lowest BCUT2D eigenvalue weighted by molar-refractivity contribution is -0.124. The van der Waals surface area contributed by atoms with Crippen molar-refractivity contribution in [1.82, 2.24) is 15.6 Å². The maximum absolute atomic E-state index is 11.6. The molecule has 3 N–H and O–H groups in total. The van der Waals surface area contributed by atoms with Crippen molar-refractivity contribution in [3.8, 4) is 0 Å². The van der Waals surface area contributed by atoms with Gasteiger partial charge in [0.15, 0.2) is 0 Å². The number of H-pyrrole nitrogens is 1. The number of aromatic nitrogens is 1. The summed E-state index contributed by atoms with van der Waals surface area (Å²) in [5.41, 5.74) is 2.44. The van der Waals surface area contributed by atoms with E-state index in [1.165, 1.54) is 10.9 Å². The Morgan fingerprint density at radius 3 is 3.00 bits per heavy atom. The van der Waals surface area contributed by atoms with Crippen molar-refractivity contribution in [3.63, 3.8) is 0 Å². The van der Waals surface area contributed by atoms with Gasteiger partial charge in [0, 0.05) is 30.2 Å². The second-order valence-electron chi connectivity index (χ2n) is 4.70. The predicted molar refractivity (Wildman–Crippen MR) is 71.4 cm³/mol. The highest BCUT2D eigenvalue weighted by atomic mass is 16.2. The molecule has 0 spiro atoms. The van der Waals surface area contributed by atoms with Crippen molar-refractivity contribution >= 4 is 16.8 Å². The minimum Gasteiger partial charge on any atom is -0.361 e. The van der Waals surface area contributed by atoms with Crippen LogP contribution >= 0.6 is 0 Å². The number of nitrogens with one attached hydrogen (secondary N) is 3. The molecule has 2 heterocycles. The Morgan fingerprint density at radius 2 is 2.11 bits per heavy atom. The molecule has 94 valence electrons. The third kappa shape index (κ3) is 2.11. The fourth-order valence-electron chi connectivity index (χ4n) is 2.52. The molecule has 1 saturated heterocycles. The smallest absolute Gasteiger partial charge is 0.237 e. The second kappa shape index (κ2) is 4.82. The van der Waals surface area contributed by atoms with Gasteiger partial charge in [-0.2, -0.15) is 0 Å². The van der Waals surface area contributed by atoms with Gasteiger partial charge in [-0.05, 0) is 24.5 Å². The van der Waals surface area contributed by atoms with Gasteiger partial charge in [0.25, 0.3) is 0 Å². The summed E-state index contributed by atoms with van der Waals surface area (Å²) in [6.45, 7) is 1.60. The predicted octanol–water partition coefficient (Wildman–Crippen LogP) is 1.19. The Hall–Kier alpha value is -1.81. The van der Waals surface area contributed by atoms with Crippen LogP contribution in [0.2, 0.25) is 0 Å². The number of para-hydroxylation sites is 1. The maximum Gasteiger partial charge on any atom is 0.237 e. The van der Waals surface area contributed by atoms with E-state index in [0.29, 0.717) is 0 Å². The first-order chi connectivity index (χ1) is 8.84. The fraction of sp³-hybridized carbons (Fsp3) is 0.357. The van der Waals surface area contributed by atoms with Gasteiger partial charge in [-0.15, -0.1) is 0 Å². The third-order valence-corrected chi connectivity index (χ3v) is 3.51. The second-order valence-corrected chi connectivity index (χ2v) is 4.70. The van der Waals surface area contributed by atoms with E-state index in [9.17, 15) is 4.79 Å². The quantitative estimate of drug-likeness (QED) is 0.758. The number of amides is 1. The van der Waals surface area contributed by atoms with Gasteiger partial charge in [-0.1, -0.05) is 18.2 Å². The lowest BCUT2D eigenvalue weighted by Crippen LogP contribution is -2.52. The van der Waals surface area contributed by atoms with Crippen molar-refractivity contribution in [2.45, 2.75) is 18.9 Å². The Bertz CT molecular complexity index is 561. The SMILES string of the molecule is O=C1NCCNC1CCc1c[nH]c2ccccc12. The average Bonchev–Trinajstić information content (AvgIpc) is 2.81. The summed E-state index contributed by atoms with van der Waals surface area (Å²) in [6.07, 6.45) is 3.80. The zero-order valence-electron chi connectivity index (χ0n) is 10.2. The van der Waals surface area contributed by atoms with Gasteiger partial charge in [0.05, 0.1) is 6.04 Å². The van der Waals surface area contributed by atoms with E-state index in [2.05, 4.69) is 27.8 Å². The molecule has 2 aromatic rings. The number of carbonyl (C=O) groups excluding carboxylic acids is 1. The van der Waals surface area contributed by atoms with Crippen LogP contribution in [-0.4, -0.2) is 30.0 Å². The van der Waals surface area contributed by atoms with Crippen LogP contribution in [0.4, 0.5) is 0 Å². The molecule has 1 fully saturated rings. The molecule has 0 aliphatic carbocycles. The molecule has 4 nitrogen and oxygen atoms in total. The van der Waals surface area contributed by atoms with Gasteiger partial charge in [-0.3, -0.25) is 4.79 Å². The number of carbonyl (C=O) groups is 1. The van der Waals surface area contributed by atoms with E-state index >= 15 is 0 Å². The summed E-state index contributed by atoms with van der Waals surface area (Å²) in [7, 11) is 0. The summed E-state index contributed by atoms with van der Waals surface area (Å²) in [6, 6.07) is 8.22. The largest absolute Gasteiger partial charge is 0.361 e. The molecule has 1 aliphatic rings. The summed E-state index contributed by atoms with van der Waals surface area (Å²) in [5.74, 6) is 0.126. The molecule has 1 aliphatic heterocycles. The molecule has 18 heavy (non-hydrogen) atoms. The fourth-order valence-corrected chi connectivity index (χ4v) is 2.52. The van der Waals surface area contributed by atoms with E-state index in [1.807, 2.05) is 18.3 Å². The third-order valence-electron chi connectivity index (χ3n) is 3.51. The lowest BCUT2D eigenvalue weighted by Gasteiger charge is -2.23. The Morgan fingerprint density at radius 1 is 1.22 bits per heavy atom. The van der Waals surface area contributed by atoms with E-state index in [0.717, 1.165) is 31.4 Å². The molecule has 1 atom stereocenters. The normalized spacial score (nSPS) is 20.0. The number of hydrogen-bond acceptors (Lipinski definition) is 2. The van der Waals surface area contributed by atoms with E-state index in [1.54, 1.807) is 0 Å². The Labute approximate surface area is 106 Å². The van der Waals surface area contributed by atoms with Crippen LogP contribution in [0.25, 0.3) is 10.9 Å². The molecular weight excluding hydrogens is 226 g/mol. The van der Waals surface area contributed by atoms with Crippen LogP contribution in [-0.2, 0) is 11.2 Å². The molecule has 0 saturated carbocycles. The van der Waals surface area contributed by atoms with Crippen LogP contribution in [0.15, 0.2) is 30.5 Å². The van der Waals surface area contributed by atoms with Crippen LogP contribution in [0.1, 0.15) is 12.0 Å². The van der Waals surface area contributed by atoms with Crippen molar-refractivity contribution in [2.24, 2.45) is 0 Å². The molecule has 4 heteroatoms. The highest BCUT2D eigenvalue weighted by molar-refractivity contribution is 5.84. The summed E-state index contributed by atoms with van der Waals surface area (Å²) in [4.78, 5) is 14.9. The topological polar surface area (TPSA) is 56.9 Å². The first kappa shape index (κ1) is 11.3. The number of piperazine rings is 1. The molecule has 1 amide bonds. The number of fused-ring (bicyclic) bond motifs is 1. The van der Waals surface area contributed by atoms with Crippen molar-refractivity contribution in [3.05, 3.63) is 36.0 Å². The average molecular weight is 243 g/mol. The van der Waals surface area contributed by atoms with Gasteiger partial charge in [-0.25, -0.2) is 0 Å². The first-order valence-electron chi connectivity index (χ1n) is 6.41. The zero-order valence-corrected chi connectivity index (χ0v) is 10.2. The van der Waals surface area contributed by atoms with Crippen molar-refractivity contribution < 1.29 is 4.79 Å². The van der Waals surface area contributed by atoms with Crippen LogP contribution in [0.5, 0.6) is 0 Å². The zero-order chi connectivity index (χ0) is 12.4. The summed E-state index contributed by atoms with van der Waals surface area (Å²) in [5, 5.41) is 7.41. The van der Waals surface area contributed by atoms with E-state index in [4.69, 9.17) is 0 Å². The van der Waals surface area contributed by atoms with E-state index < -0.39 is 0 Å². The lowest BCUT2D eigenvalue weighted by atomic mass is 10.0. The highest BCUT2D eigenvalue weighted by Gasteiger charge is 2.21. The Balaban J connectivity index is 1.71. The molecular formula is C14H17N3O. The van der Waals surface area contributed by atoms with Crippen molar-refractivity contribution in [2.75, 3.05) is 13.1 Å². The first-order valence-corrected chi connectivity index (χ1v) is 6.41. The molecule has 0 radical (unpaired) electrons. The minimum atomic E-state index is -0.0487.